The standard InChI is InChI=1S/C8H10N4S.C2H6/c1-5(2)12-4-11-6-7(12)9-3-10-8(6)13;1-2/h3-5H,1-2H3,(H,9,10,13);1-2H3. The highest BCUT2D eigenvalue weighted by Gasteiger charge is 2.06. The van der Waals surface area contributed by atoms with Crippen molar-refractivity contribution >= 4 is 23.4 Å². The molecule has 0 amide bonds. The lowest BCUT2D eigenvalue weighted by Crippen LogP contribution is -1.99. The normalized spacial score (nSPS) is 10.2. The zero-order chi connectivity index (χ0) is 11.4. The summed E-state index contributed by atoms with van der Waals surface area (Å²) >= 11 is 5.05. The second-order valence-corrected chi connectivity index (χ2v) is 3.54. The maximum atomic E-state index is 5.05. The van der Waals surface area contributed by atoms with Crippen molar-refractivity contribution in [1.29, 1.82) is 0 Å². The highest BCUT2D eigenvalue weighted by atomic mass is 32.1. The van der Waals surface area contributed by atoms with Gasteiger partial charge in [0.2, 0.25) is 0 Å². The molecule has 4 nitrogen and oxygen atoms in total. The van der Waals surface area contributed by atoms with Crippen molar-refractivity contribution in [3.8, 4) is 0 Å². The van der Waals surface area contributed by atoms with E-state index in [9.17, 15) is 0 Å². The van der Waals surface area contributed by atoms with E-state index in [0.717, 1.165) is 11.2 Å². The summed E-state index contributed by atoms with van der Waals surface area (Å²) in [5, 5.41) is 0. The summed E-state index contributed by atoms with van der Waals surface area (Å²) in [6.45, 7) is 8.19. The molecule has 82 valence electrons. The first kappa shape index (κ1) is 11.8. The highest BCUT2D eigenvalue weighted by molar-refractivity contribution is 7.71. The molecule has 0 aliphatic heterocycles. The Bertz CT molecular complexity index is 483. The molecular formula is C10H16N4S. The molecule has 0 aliphatic rings. The predicted molar refractivity (Wildman–Crippen MR) is 64.4 cm³/mol. The van der Waals surface area contributed by atoms with E-state index >= 15 is 0 Å². The molecule has 2 rings (SSSR count). The third-order valence-corrected chi connectivity index (χ3v) is 2.23. The predicted octanol–water partition coefficient (Wildman–Crippen LogP) is 3.10. The van der Waals surface area contributed by atoms with Gasteiger partial charge in [-0.25, -0.2) is 9.97 Å². The molecule has 0 atom stereocenters. The molecule has 2 heterocycles. The molecular weight excluding hydrogens is 208 g/mol. The van der Waals surface area contributed by atoms with E-state index in [1.165, 1.54) is 0 Å². The van der Waals surface area contributed by atoms with Crippen LogP contribution in [0.5, 0.6) is 0 Å². The Morgan fingerprint density at radius 2 is 2.00 bits per heavy atom. The lowest BCUT2D eigenvalue weighted by atomic mass is 10.4. The first-order valence-corrected chi connectivity index (χ1v) is 5.51. The van der Waals surface area contributed by atoms with Crippen LogP contribution in [-0.2, 0) is 0 Å². The van der Waals surface area contributed by atoms with Gasteiger partial charge < -0.3 is 9.55 Å². The van der Waals surface area contributed by atoms with Gasteiger partial charge in [-0.2, -0.15) is 0 Å². The van der Waals surface area contributed by atoms with Gasteiger partial charge in [0.25, 0.3) is 0 Å². The summed E-state index contributed by atoms with van der Waals surface area (Å²) in [6.07, 6.45) is 3.38. The Hall–Kier alpha value is -1.23. The maximum Gasteiger partial charge on any atom is 0.157 e. The average Bonchev–Trinajstić information content (AvgIpc) is 2.66. The molecule has 0 spiro atoms. The molecule has 0 radical (unpaired) electrons. The minimum absolute atomic E-state index is 0.373. The third kappa shape index (κ3) is 2.23. The van der Waals surface area contributed by atoms with Gasteiger partial charge in [-0.15, -0.1) is 0 Å². The van der Waals surface area contributed by atoms with E-state index in [-0.39, 0.29) is 0 Å². The average molecular weight is 224 g/mol. The summed E-state index contributed by atoms with van der Waals surface area (Å²) in [6, 6.07) is 0.373. The lowest BCUT2D eigenvalue weighted by molar-refractivity contribution is 0.612. The fraction of sp³-hybridized carbons (Fsp3) is 0.500. The Balaban J connectivity index is 0.000000531. The van der Waals surface area contributed by atoms with Gasteiger partial charge in [0.05, 0.1) is 12.7 Å². The summed E-state index contributed by atoms with van der Waals surface area (Å²) in [5.74, 6) is 0. The van der Waals surface area contributed by atoms with Crippen molar-refractivity contribution in [3.63, 3.8) is 0 Å². The molecule has 0 fully saturated rings. The van der Waals surface area contributed by atoms with Crippen LogP contribution in [0.2, 0.25) is 0 Å². The van der Waals surface area contributed by atoms with Crippen LogP contribution in [0.1, 0.15) is 33.7 Å². The number of H-pyrrole nitrogens is 1. The second kappa shape index (κ2) is 5.02. The van der Waals surface area contributed by atoms with Crippen LogP contribution in [0.25, 0.3) is 11.2 Å². The summed E-state index contributed by atoms with van der Waals surface area (Å²) in [4.78, 5) is 11.2. The van der Waals surface area contributed by atoms with Crippen LogP contribution in [0.3, 0.4) is 0 Å². The maximum absolute atomic E-state index is 5.05. The first-order chi connectivity index (χ1) is 7.20. The van der Waals surface area contributed by atoms with E-state index in [1.807, 2.05) is 18.4 Å². The minimum atomic E-state index is 0.373. The minimum Gasteiger partial charge on any atom is -0.331 e. The zero-order valence-electron chi connectivity index (χ0n) is 9.48. The zero-order valence-corrected chi connectivity index (χ0v) is 10.3. The van der Waals surface area contributed by atoms with E-state index < -0.39 is 0 Å². The van der Waals surface area contributed by atoms with Gasteiger partial charge in [0.1, 0.15) is 11.2 Å². The third-order valence-electron chi connectivity index (χ3n) is 1.94. The number of fused-ring (bicyclic) bond motifs is 1. The SMILES string of the molecule is CC.CC(C)n1cnc2c(=S)nc[nH]c21. The Labute approximate surface area is 94.4 Å². The van der Waals surface area contributed by atoms with Gasteiger partial charge in [-0.3, -0.25) is 0 Å². The summed E-state index contributed by atoms with van der Waals surface area (Å²) in [5.41, 5.74) is 1.71. The number of hydrogen-bond donors (Lipinski definition) is 1. The Kier molecular flexibility index (Phi) is 3.96. The van der Waals surface area contributed by atoms with Gasteiger partial charge in [0.15, 0.2) is 4.64 Å². The van der Waals surface area contributed by atoms with Gasteiger partial charge in [-0.1, -0.05) is 26.1 Å². The molecule has 0 unspecified atom stereocenters. The molecule has 5 heteroatoms. The van der Waals surface area contributed by atoms with Crippen LogP contribution in [0.15, 0.2) is 12.7 Å². The van der Waals surface area contributed by atoms with E-state index in [1.54, 1.807) is 12.7 Å². The van der Waals surface area contributed by atoms with Crippen molar-refractivity contribution in [3.05, 3.63) is 17.3 Å². The Morgan fingerprint density at radius 1 is 1.33 bits per heavy atom. The molecule has 15 heavy (non-hydrogen) atoms. The number of aromatic nitrogens is 4. The second-order valence-electron chi connectivity index (χ2n) is 3.15. The monoisotopic (exact) mass is 224 g/mol. The van der Waals surface area contributed by atoms with Crippen molar-refractivity contribution in [2.24, 2.45) is 0 Å². The molecule has 2 aromatic heterocycles. The van der Waals surface area contributed by atoms with Gasteiger partial charge in [0, 0.05) is 6.04 Å². The topological polar surface area (TPSA) is 46.5 Å². The Morgan fingerprint density at radius 3 is 2.60 bits per heavy atom. The van der Waals surface area contributed by atoms with E-state index in [2.05, 4.69) is 28.8 Å². The van der Waals surface area contributed by atoms with Crippen molar-refractivity contribution < 1.29 is 0 Å². The van der Waals surface area contributed by atoms with Crippen LogP contribution in [0.4, 0.5) is 0 Å². The highest BCUT2D eigenvalue weighted by Crippen LogP contribution is 2.14. The molecule has 0 saturated heterocycles. The van der Waals surface area contributed by atoms with Gasteiger partial charge >= 0.3 is 0 Å². The molecule has 0 bridgehead atoms. The quantitative estimate of drug-likeness (QED) is 0.757. The van der Waals surface area contributed by atoms with Crippen LogP contribution >= 0.6 is 12.2 Å². The van der Waals surface area contributed by atoms with Gasteiger partial charge in [-0.05, 0) is 13.8 Å². The van der Waals surface area contributed by atoms with Crippen LogP contribution in [0, 0.1) is 4.64 Å². The lowest BCUT2D eigenvalue weighted by Gasteiger charge is -2.06. The first-order valence-electron chi connectivity index (χ1n) is 5.10. The van der Waals surface area contributed by atoms with E-state index in [4.69, 9.17) is 12.2 Å². The fourth-order valence-corrected chi connectivity index (χ4v) is 1.47. The van der Waals surface area contributed by atoms with Crippen molar-refractivity contribution in [1.82, 2.24) is 19.5 Å². The van der Waals surface area contributed by atoms with Crippen molar-refractivity contribution in [2.75, 3.05) is 0 Å². The molecule has 1 N–H and O–H groups in total. The van der Waals surface area contributed by atoms with Crippen molar-refractivity contribution in [2.45, 2.75) is 33.7 Å². The number of imidazole rings is 1. The summed E-state index contributed by atoms with van der Waals surface area (Å²) < 4.78 is 2.58. The van der Waals surface area contributed by atoms with Crippen LogP contribution < -0.4 is 0 Å². The molecule has 0 aromatic carbocycles. The smallest absolute Gasteiger partial charge is 0.157 e. The van der Waals surface area contributed by atoms with E-state index in [0.29, 0.717) is 10.7 Å². The number of aromatic amines is 1. The fourth-order valence-electron chi connectivity index (χ4n) is 1.27. The molecule has 0 saturated carbocycles. The summed E-state index contributed by atoms with van der Waals surface area (Å²) in [7, 11) is 0. The van der Waals surface area contributed by atoms with Crippen LogP contribution in [-0.4, -0.2) is 19.5 Å². The molecule has 2 aromatic rings. The largest absolute Gasteiger partial charge is 0.331 e. The number of nitrogens with one attached hydrogen (secondary N) is 1. The number of hydrogen-bond acceptors (Lipinski definition) is 3. The molecule has 0 aliphatic carbocycles. The number of rotatable bonds is 1. The number of nitrogens with zero attached hydrogens (tertiary/aromatic N) is 3.